The Balaban J connectivity index is 1.89. The second-order valence-corrected chi connectivity index (χ2v) is 9.18. The van der Waals surface area contributed by atoms with E-state index in [0.717, 1.165) is 18.8 Å². The molecule has 0 amide bonds. The Hall–Kier alpha value is -0.0800. The van der Waals surface area contributed by atoms with E-state index in [9.17, 15) is 10.2 Å². The van der Waals surface area contributed by atoms with Gasteiger partial charge >= 0.3 is 0 Å². The van der Waals surface area contributed by atoms with E-state index < -0.39 is 0 Å². The predicted octanol–water partition coefficient (Wildman–Crippen LogP) is 4.00. The SMILES string of the molecule is CC1(C)CCCC2(C)[C@@H]3CCC(CO)CC(O)[C@@H]3CC[C@H]12. The second-order valence-electron chi connectivity index (χ2n) is 9.18. The van der Waals surface area contributed by atoms with Gasteiger partial charge in [-0.15, -0.1) is 0 Å². The molecule has 3 fully saturated rings. The molecule has 0 radical (unpaired) electrons. The van der Waals surface area contributed by atoms with E-state index in [2.05, 4.69) is 20.8 Å². The van der Waals surface area contributed by atoms with Gasteiger partial charge in [0.25, 0.3) is 0 Å². The van der Waals surface area contributed by atoms with E-state index >= 15 is 0 Å². The number of aliphatic hydroxyl groups excluding tert-OH is 2. The summed E-state index contributed by atoms with van der Waals surface area (Å²) in [5.41, 5.74) is 0.877. The highest BCUT2D eigenvalue weighted by Crippen LogP contribution is 2.63. The van der Waals surface area contributed by atoms with Crippen molar-refractivity contribution in [2.45, 2.75) is 78.2 Å². The lowest BCUT2D eigenvalue weighted by molar-refractivity contribution is -0.119. The minimum Gasteiger partial charge on any atom is -0.396 e. The first-order valence-electron chi connectivity index (χ1n) is 9.17. The lowest BCUT2D eigenvalue weighted by Gasteiger charge is -2.60. The Morgan fingerprint density at radius 3 is 2.48 bits per heavy atom. The summed E-state index contributed by atoms with van der Waals surface area (Å²) in [6.45, 7) is 7.72. The van der Waals surface area contributed by atoms with Crippen molar-refractivity contribution < 1.29 is 10.2 Å². The number of aliphatic hydroxyl groups is 2. The van der Waals surface area contributed by atoms with Crippen molar-refractivity contribution in [1.82, 2.24) is 0 Å². The van der Waals surface area contributed by atoms with Crippen LogP contribution in [-0.4, -0.2) is 22.9 Å². The molecular formula is C19H34O2. The molecule has 21 heavy (non-hydrogen) atoms. The zero-order chi connectivity index (χ0) is 15.3. The molecular weight excluding hydrogens is 260 g/mol. The van der Waals surface area contributed by atoms with Crippen LogP contribution in [0.3, 0.4) is 0 Å². The highest BCUT2D eigenvalue weighted by Gasteiger charge is 2.56. The van der Waals surface area contributed by atoms with Gasteiger partial charge < -0.3 is 10.2 Å². The van der Waals surface area contributed by atoms with Crippen LogP contribution in [0, 0.1) is 34.5 Å². The molecule has 0 bridgehead atoms. The smallest absolute Gasteiger partial charge is 0.0574 e. The zero-order valence-corrected chi connectivity index (χ0v) is 14.1. The third-order valence-corrected chi connectivity index (χ3v) is 7.64. The van der Waals surface area contributed by atoms with Crippen molar-refractivity contribution in [2.75, 3.05) is 6.61 Å². The maximum absolute atomic E-state index is 10.7. The van der Waals surface area contributed by atoms with Crippen LogP contribution in [0.5, 0.6) is 0 Å². The lowest BCUT2D eigenvalue weighted by atomic mass is 9.45. The Bertz CT molecular complexity index is 378. The van der Waals surface area contributed by atoms with E-state index in [1.165, 1.54) is 38.5 Å². The minimum atomic E-state index is -0.183. The standard InChI is InChI=1S/C19H34O2/c1-18(2)9-4-10-19(3)15-7-5-13(12-20)11-16(21)14(15)6-8-17(18)19/h13-17,20-21H,4-12H2,1-3H3/t13?,14-,15-,16?,17-,19?/m1/s1. The highest BCUT2D eigenvalue weighted by atomic mass is 16.3. The van der Waals surface area contributed by atoms with Gasteiger partial charge in [0.2, 0.25) is 0 Å². The molecule has 0 heterocycles. The molecule has 3 rings (SSSR count). The van der Waals surface area contributed by atoms with Gasteiger partial charge in [-0.2, -0.15) is 0 Å². The average molecular weight is 294 g/mol. The summed E-state index contributed by atoms with van der Waals surface area (Å²) >= 11 is 0. The van der Waals surface area contributed by atoms with Crippen LogP contribution in [0.4, 0.5) is 0 Å². The molecule has 0 aliphatic heterocycles. The molecule has 3 saturated carbocycles. The van der Waals surface area contributed by atoms with E-state index in [0.29, 0.717) is 28.6 Å². The third kappa shape index (κ3) is 2.57. The number of hydrogen-bond acceptors (Lipinski definition) is 2. The molecule has 0 aromatic rings. The second kappa shape index (κ2) is 5.53. The van der Waals surface area contributed by atoms with Crippen LogP contribution in [-0.2, 0) is 0 Å². The maximum Gasteiger partial charge on any atom is 0.0574 e. The van der Waals surface area contributed by atoms with E-state index in [1.54, 1.807) is 0 Å². The van der Waals surface area contributed by atoms with Crippen LogP contribution in [0.25, 0.3) is 0 Å². The van der Waals surface area contributed by atoms with Gasteiger partial charge in [-0.05, 0) is 79.4 Å². The van der Waals surface area contributed by atoms with Crippen molar-refractivity contribution in [3.63, 3.8) is 0 Å². The Morgan fingerprint density at radius 1 is 1.00 bits per heavy atom. The van der Waals surface area contributed by atoms with Crippen LogP contribution >= 0.6 is 0 Å². The summed E-state index contributed by atoms with van der Waals surface area (Å²) in [7, 11) is 0. The molecule has 0 aromatic heterocycles. The molecule has 3 aliphatic carbocycles. The quantitative estimate of drug-likeness (QED) is 0.767. The monoisotopic (exact) mass is 294 g/mol. The highest BCUT2D eigenvalue weighted by molar-refractivity contribution is 5.05. The first-order chi connectivity index (χ1) is 9.88. The van der Waals surface area contributed by atoms with Crippen molar-refractivity contribution in [1.29, 1.82) is 0 Å². The summed E-state index contributed by atoms with van der Waals surface area (Å²) in [4.78, 5) is 0. The van der Waals surface area contributed by atoms with Gasteiger partial charge in [0.05, 0.1) is 6.10 Å². The van der Waals surface area contributed by atoms with Gasteiger partial charge in [0, 0.05) is 6.61 Å². The summed E-state index contributed by atoms with van der Waals surface area (Å²) in [6.07, 6.45) is 9.53. The fourth-order valence-electron chi connectivity index (χ4n) is 6.60. The summed E-state index contributed by atoms with van der Waals surface area (Å²) in [5, 5.41) is 20.2. The van der Waals surface area contributed by atoms with E-state index in [-0.39, 0.29) is 12.7 Å². The Labute approximate surface area is 130 Å². The molecule has 6 atom stereocenters. The minimum absolute atomic E-state index is 0.183. The topological polar surface area (TPSA) is 40.5 Å². The van der Waals surface area contributed by atoms with Crippen molar-refractivity contribution >= 4 is 0 Å². The fraction of sp³-hybridized carbons (Fsp3) is 1.00. The molecule has 3 aliphatic rings. The predicted molar refractivity (Wildman–Crippen MR) is 85.9 cm³/mol. The third-order valence-electron chi connectivity index (χ3n) is 7.64. The average Bonchev–Trinajstić information content (AvgIpc) is 2.58. The first-order valence-corrected chi connectivity index (χ1v) is 9.17. The molecule has 2 N–H and O–H groups in total. The Kier molecular flexibility index (Phi) is 4.16. The van der Waals surface area contributed by atoms with Crippen LogP contribution in [0.2, 0.25) is 0 Å². The zero-order valence-electron chi connectivity index (χ0n) is 14.1. The molecule has 0 aromatic carbocycles. The molecule has 3 unspecified atom stereocenters. The molecule has 0 spiro atoms. The Morgan fingerprint density at radius 2 is 1.76 bits per heavy atom. The van der Waals surface area contributed by atoms with E-state index in [4.69, 9.17) is 0 Å². The maximum atomic E-state index is 10.7. The summed E-state index contributed by atoms with van der Waals surface area (Å²) < 4.78 is 0. The molecule has 2 heteroatoms. The molecule has 122 valence electrons. The number of hydrogen-bond donors (Lipinski definition) is 2. The van der Waals surface area contributed by atoms with Crippen LogP contribution < -0.4 is 0 Å². The molecule has 0 saturated heterocycles. The molecule has 2 nitrogen and oxygen atoms in total. The number of rotatable bonds is 1. The van der Waals surface area contributed by atoms with Gasteiger partial charge in [-0.1, -0.05) is 27.2 Å². The van der Waals surface area contributed by atoms with Crippen LogP contribution in [0.1, 0.15) is 72.1 Å². The lowest BCUT2D eigenvalue weighted by Crippen LogP contribution is -2.53. The van der Waals surface area contributed by atoms with Crippen molar-refractivity contribution in [3.05, 3.63) is 0 Å². The van der Waals surface area contributed by atoms with Gasteiger partial charge in [0.1, 0.15) is 0 Å². The van der Waals surface area contributed by atoms with Gasteiger partial charge in [0.15, 0.2) is 0 Å². The largest absolute Gasteiger partial charge is 0.396 e. The van der Waals surface area contributed by atoms with E-state index in [1.807, 2.05) is 0 Å². The van der Waals surface area contributed by atoms with Gasteiger partial charge in [-0.3, -0.25) is 0 Å². The summed E-state index contributed by atoms with van der Waals surface area (Å²) in [5.74, 6) is 2.29. The van der Waals surface area contributed by atoms with Crippen molar-refractivity contribution in [2.24, 2.45) is 34.5 Å². The first kappa shape index (κ1) is 15.8. The van der Waals surface area contributed by atoms with Crippen LogP contribution in [0.15, 0.2) is 0 Å². The summed E-state index contributed by atoms with van der Waals surface area (Å²) in [6, 6.07) is 0. The normalized spacial score (nSPS) is 49.9. The van der Waals surface area contributed by atoms with Crippen molar-refractivity contribution in [3.8, 4) is 0 Å². The number of fused-ring (bicyclic) bond motifs is 3. The fourth-order valence-corrected chi connectivity index (χ4v) is 6.60. The van der Waals surface area contributed by atoms with Gasteiger partial charge in [-0.25, -0.2) is 0 Å².